The lowest BCUT2D eigenvalue weighted by atomic mass is 10.1. The minimum atomic E-state index is -3.66. The molecule has 1 unspecified atom stereocenters. The molecule has 0 aliphatic rings. The Morgan fingerprint density at radius 3 is 2.26 bits per heavy atom. The second-order valence-corrected chi connectivity index (χ2v) is 10.7. The van der Waals surface area contributed by atoms with Crippen molar-refractivity contribution in [2.24, 2.45) is 0 Å². The first kappa shape index (κ1) is 25.1. The molecule has 0 fully saturated rings. The summed E-state index contributed by atoms with van der Waals surface area (Å²) in [6.45, 7) is 8.75. The van der Waals surface area contributed by atoms with Gasteiger partial charge in [-0.25, -0.2) is 0 Å². The van der Waals surface area contributed by atoms with Gasteiger partial charge in [0.1, 0.15) is 5.75 Å². The maximum atomic E-state index is 13.6. The first-order valence-electron chi connectivity index (χ1n) is 12.0. The Labute approximate surface area is 206 Å². The quantitative estimate of drug-likeness (QED) is 0.232. The Kier molecular flexibility index (Phi) is 7.41. The van der Waals surface area contributed by atoms with Crippen LogP contribution in [0, 0.1) is 0 Å². The van der Waals surface area contributed by atoms with Crippen LogP contribution in [0.5, 0.6) is 5.75 Å². The van der Waals surface area contributed by atoms with Crippen LogP contribution in [0.4, 0.5) is 11.4 Å². The van der Waals surface area contributed by atoms with Gasteiger partial charge >= 0.3 is 7.60 Å². The number of aromatic hydroxyl groups is 1. The molecule has 0 aliphatic carbocycles. The summed E-state index contributed by atoms with van der Waals surface area (Å²) in [5.74, 6) is -0.870. The average Bonchev–Trinajstić information content (AvgIpc) is 3.21. The van der Waals surface area contributed by atoms with E-state index in [1.807, 2.05) is 30.3 Å². The predicted molar refractivity (Wildman–Crippen MR) is 145 cm³/mol. The molecule has 0 radical (unpaired) electrons. The highest BCUT2D eigenvalue weighted by molar-refractivity contribution is 7.54. The Bertz CT molecular complexity index is 1370. The second-order valence-electron chi connectivity index (χ2n) is 8.36. The maximum absolute atomic E-state index is 13.6. The highest BCUT2D eigenvalue weighted by atomic mass is 31.2. The number of para-hydroxylation sites is 1. The number of phenolic OH excluding ortho intramolecular Hbond substituents is 1. The van der Waals surface area contributed by atoms with Crippen LogP contribution < -0.4 is 10.2 Å². The molecule has 1 atom stereocenters. The van der Waals surface area contributed by atoms with E-state index in [0.29, 0.717) is 5.56 Å². The van der Waals surface area contributed by atoms with Crippen molar-refractivity contribution in [3.05, 3.63) is 66.2 Å². The largest absolute Gasteiger partial charge is 0.507 e. The normalized spacial score (nSPS) is 12.8. The number of hydrogen-bond acceptors (Lipinski definition) is 6. The third-order valence-electron chi connectivity index (χ3n) is 6.65. The van der Waals surface area contributed by atoms with Crippen LogP contribution in [-0.2, 0) is 20.2 Å². The number of fused-ring (bicyclic) bond motifs is 3. The SMILES string of the molecule is CCN(CC)c1ccc(C(Nc2ccc3c(c2)c2ccccc2n3CC)P(=O)(OC)OC)c(O)c1. The predicted octanol–water partition coefficient (Wildman–Crippen LogP) is 6.96. The van der Waals surface area contributed by atoms with Gasteiger partial charge in [-0.3, -0.25) is 4.57 Å². The van der Waals surface area contributed by atoms with Gasteiger partial charge in [0, 0.05) is 78.7 Å². The number of phenols is 1. The molecule has 35 heavy (non-hydrogen) atoms. The first-order valence-corrected chi connectivity index (χ1v) is 13.6. The molecule has 4 rings (SSSR count). The third kappa shape index (κ3) is 4.52. The lowest BCUT2D eigenvalue weighted by Crippen LogP contribution is -2.22. The molecular weight excluding hydrogens is 461 g/mol. The number of nitrogens with zero attached hydrogens (tertiary/aromatic N) is 2. The maximum Gasteiger partial charge on any atom is 0.356 e. The number of aromatic nitrogens is 1. The second kappa shape index (κ2) is 10.3. The Morgan fingerprint density at radius 2 is 1.63 bits per heavy atom. The van der Waals surface area contributed by atoms with E-state index < -0.39 is 13.4 Å². The molecule has 0 aliphatic heterocycles. The van der Waals surface area contributed by atoms with Crippen LogP contribution in [0.1, 0.15) is 32.1 Å². The lowest BCUT2D eigenvalue weighted by Gasteiger charge is -2.28. The summed E-state index contributed by atoms with van der Waals surface area (Å²) in [6.07, 6.45) is 0. The van der Waals surface area contributed by atoms with Gasteiger partial charge in [0.2, 0.25) is 0 Å². The van der Waals surface area contributed by atoms with Crippen LogP contribution in [0.3, 0.4) is 0 Å². The zero-order valence-electron chi connectivity index (χ0n) is 21.0. The van der Waals surface area contributed by atoms with E-state index in [4.69, 9.17) is 9.05 Å². The summed E-state index contributed by atoms with van der Waals surface area (Å²) < 4.78 is 26.7. The molecule has 0 bridgehead atoms. The van der Waals surface area contributed by atoms with E-state index >= 15 is 0 Å². The molecule has 7 nitrogen and oxygen atoms in total. The van der Waals surface area contributed by atoms with Crippen LogP contribution in [0.2, 0.25) is 0 Å². The first-order chi connectivity index (χ1) is 16.9. The number of nitrogens with one attached hydrogen (secondary N) is 1. The minimum Gasteiger partial charge on any atom is -0.507 e. The average molecular weight is 496 g/mol. The summed E-state index contributed by atoms with van der Waals surface area (Å²) in [5.41, 5.74) is 4.40. The van der Waals surface area contributed by atoms with Gasteiger partial charge in [-0.05, 0) is 51.1 Å². The number of aryl methyl sites for hydroxylation is 1. The fourth-order valence-electron chi connectivity index (χ4n) is 4.80. The van der Waals surface area contributed by atoms with E-state index in [-0.39, 0.29) is 5.75 Å². The lowest BCUT2D eigenvalue weighted by molar-refractivity contribution is 0.268. The summed E-state index contributed by atoms with van der Waals surface area (Å²) in [4.78, 5) is 2.13. The van der Waals surface area contributed by atoms with Gasteiger partial charge in [0.15, 0.2) is 5.78 Å². The summed E-state index contributed by atoms with van der Waals surface area (Å²) in [7, 11) is -0.938. The van der Waals surface area contributed by atoms with Crippen molar-refractivity contribution in [3.63, 3.8) is 0 Å². The standard InChI is InChI=1S/C27H34N3O4P/c1-6-29(7-2)20-14-15-22(26(31)18-20)27(35(32,33-4)34-5)28-19-13-16-25-23(17-19)21-11-9-10-12-24(21)30(25)8-3/h9-18,27-28,31H,6-8H2,1-5H3. The van der Waals surface area contributed by atoms with Gasteiger partial charge in [-0.1, -0.05) is 24.3 Å². The van der Waals surface area contributed by atoms with Crippen molar-refractivity contribution < 1.29 is 18.7 Å². The van der Waals surface area contributed by atoms with Gasteiger partial charge in [-0.2, -0.15) is 0 Å². The molecule has 8 heteroatoms. The van der Waals surface area contributed by atoms with Gasteiger partial charge in [-0.15, -0.1) is 0 Å². The molecule has 1 aromatic heterocycles. The molecule has 0 saturated carbocycles. The van der Waals surface area contributed by atoms with Crippen molar-refractivity contribution in [1.29, 1.82) is 0 Å². The molecule has 0 spiro atoms. The summed E-state index contributed by atoms with van der Waals surface area (Å²) >= 11 is 0. The molecule has 186 valence electrons. The zero-order valence-corrected chi connectivity index (χ0v) is 21.9. The molecule has 0 saturated heterocycles. The summed E-state index contributed by atoms with van der Waals surface area (Å²) in [6, 6.07) is 19.8. The van der Waals surface area contributed by atoms with E-state index in [0.717, 1.165) is 47.3 Å². The molecule has 2 N–H and O–H groups in total. The number of hydrogen-bond donors (Lipinski definition) is 2. The van der Waals surface area contributed by atoms with Gasteiger partial charge in [0.05, 0.1) is 0 Å². The van der Waals surface area contributed by atoms with E-state index in [1.54, 1.807) is 12.1 Å². The Morgan fingerprint density at radius 1 is 0.943 bits per heavy atom. The zero-order chi connectivity index (χ0) is 25.2. The van der Waals surface area contributed by atoms with Gasteiger partial charge in [0.25, 0.3) is 0 Å². The molecule has 4 aromatic rings. The third-order valence-corrected chi connectivity index (χ3v) is 8.71. The van der Waals surface area contributed by atoms with Crippen LogP contribution >= 0.6 is 7.60 Å². The number of anilines is 2. The van der Waals surface area contributed by atoms with Crippen molar-refractivity contribution in [1.82, 2.24) is 4.57 Å². The fourth-order valence-corrected chi connectivity index (χ4v) is 6.24. The fraction of sp³-hybridized carbons (Fsp3) is 0.333. The Hall–Kier alpha value is -2.99. The highest BCUT2D eigenvalue weighted by Gasteiger charge is 2.37. The van der Waals surface area contributed by atoms with Crippen molar-refractivity contribution in [3.8, 4) is 5.75 Å². The molecule has 1 heterocycles. The topological polar surface area (TPSA) is 76.0 Å². The van der Waals surface area contributed by atoms with Crippen molar-refractivity contribution in [2.75, 3.05) is 37.5 Å². The van der Waals surface area contributed by atoms with E-state index in [9.17, 15) is 9.67 Å². The molecule has 0 amide bonds. The highest BCUT2D eigenvalue weighted by Crippen LogP contribution is 2.61. The minimum absolute atomic E-state index is 0.0323. The van der Waals surface area contributed by atoms with Crippen LogP contribution in [0.15, 0.2) is 60.7 Å². The monoisotopic (exact) mass is 495 g/mol. The smallest absolute Gasteiger partial charge is 0.356 e. The van der Waals surface area contributed by atoms with Crippen molar-refractivity contribution >= 4 is 40.8 Å². The number of benzene rings is 3. The summed E-state index contributed by atoms with van der Waals surface area (Å²) in [5, 5.41) is 16.6. The van der Waals surface area contributed by atoms with E-state index in [1.165, 1.54) is 19.7 Å². The molecular formula is C27H34N3O4P. The van der Waals surface area contributed by atoms with E-state index in [2.05, 4.69) is 53.8 Å². The van der Waals surface area contributed by atoms with Crippen molar-refractivity contribution in [2.45, 2.75) is 33.1 Å². The van der Waals surface area contributed by atoms with Crippen LogP contribution in [-0.4, -0.2) is 37.0 Å². The Balaban J connectivity index is 1.81. The van der Waals surface area contributed by atoms with Crippen LogP contribution in [0.25, 0.3) is 21.8 Å². The van der Waals surface area contributed by atoms with Gasteiger partial charge < -0.3 is 28.9 Å². The number of rotatable bonds is 10. The molecule has 3 aromatic carbocycles.